The molecule has 200 valence electrons. The van der Waals surface area contributed by atoms with Crippen molar-refractivity contribution >= 4 is 24.6 Å². The lowest BCUT2D eigenvalue weighted by Crippen LogP contribution is -2.41. The van der Waals surface area contributed by atoms with Gasteiger partial charge in [-0.3, -0.25) is 4.79 Å². The van der Waals surface area contributed by atoms with E-state index in [-0.39, 0.29) is 23.9 Å². The minimum absolute atomic E-state index is 0.0205. The van der Waals surface area contributed by atoms with Crippen molar-refractivity contribution in [1.82, 2.24) is 4.90 Å². The van der Waals surface area contributed by atoms with Gasteiger partial charge in [-0.15, -0.1) is 0 Å². The highest BCUT2D eigenvalue weighted by atomic mass is 16.7. The Morgan fingerprint density at radius 2 is 1.61 bits per heavy atom. The fraction of sp³-hybridized carbons (Fsp3) is 0.714. The molecular weight excluding hydrogens is 457 g/mol. The van der Waals surface area contributed by atoms with E-state index in [0.717, 1.165) is 17.4 Å². The van der Waals surface area contributed by atoms with E-state index in [1.165, 1.54) is 0 Å². The normalized spacial score (nSPS) is 22.4. The molecule has 8 heteroatoms. The number of benzene rings is 1. The molecule has 2 saturated heterocycles. The smallest absolute Gasteiger partial charge is 0.460 e. The van der Waals surface area contributed by atoms with E-state index in [4.69, 9.17) is 18.8 Å². The molecule has 2 aliphatic heterocycles. The van der Waals surface area contributed by atoms with Crippen LogP contribution >= 0.6 is 0 Å². The molecule has 2 heterocycles. The molecule has 2 atom stereocenters. The van der Waals surface area contributed by atoms with Crippen LogP contribution in [0.25, 0.3) is 0 Å². The highest BCUT2D eigenvalue weighted by molar-refractivity contribution is 6.62. The van der Waals surface area contributed by atoms with Crippen LogP contribution in [0.3, 0.4) is 0 Å². The molecule has 1 aromatic carbocycles. The van der Waals surface area contributed by atoms with Crippen molar-refractivity contribution in [3.05, 3.63) is 29.8 Å². The number of hydrogen-bond donors (Lipinski definition) is 0. The van der Waals surface area contributed by atoms with Crippen molar-refractivity contribution in [3.8, 4) is 0 Å². The third-order valence-corrected chi connectivity index (χ3v) is 7.09. The summed E-state index contributed by atoms with van der Waals surface area (Å²) in [6, 6.07) is 8.05. The summed E-state index contributed by atoms with van der Waals surface area (Å²) in [5.41, 5.74) is -0.0786. The van der Waals surface area contributed by atoms with E-state index >= 15 is 0 Å². The zero-order valence-electron chi connectivity index (χ0n) is 23.8. The van der Waals surface area contributed by atoms with Gasteiger partial charge in [-0.05, 0) is 99.0 Å². The van der Waals surface area contributed by atoms with Crippen LogP contribution in [0.4, 0.5) is 4.79 Å². The third-order valence-electron chi connectivity index (χ3n) is 7.09. The van der Waals surface area contributed by atoms with Gasteiger partial charge >= 0.3 is 19.2 Å². The maximum absolute atomic E-state index is 13.4. The number of carbonyl (C=O) groups is 2. The number of likely N-dealkylation sites (tertiary alicyclic amines) is 1. The zero-order valence-corrected chi connectivity index (χ0v) is 23.8. The Labute approximate surface area is 217 Å². The quantitative estimate of drug-likeness (QED) is 0.429. The SMILES string of the molecule is CC(C)(C)OC(=O)[C@H](Cc1cccc(B2OC(C)(C)C(C)(C)O2)c1)[C@@H]1CCN(C(=O)OC(C)(C)C)C1. The van der Waals surface area contributed by atoms with Gasteiger partial charge in [0.15, 0.2) is 0 Å². The first-order valence-electron chi connectivity index (χ1n) is 13.0. The van der Waals surface area contributed by atoms with Gasteiger partial charge in [0.1, 0.15) is 11.2 Å². The third kappa shape index (κ3) is 7.03. The first kappa shape index (κ1) is 28.5. The average molecular weight is 501 g/mol. The van der Waals surface area contributed by atoms with Gasteiger partial charge in [0.25, 0.3) is 0 Å². The summed E-state index contributed by atoms with van der Waals surface area (Å²) >= 11 is 0. The van der Waals surface area contributed by atoms with Gasteiger partial charge in [0.05, 0.1) is 17.1 Å². The van der Waals surface area contributed by atoms with E-state index < -0.39 is 29.5 Å². The lowest BCUT2D eigenvalue weighted by atomic mass is 9.77. The molecule has 3 rings (SSSR count). The van der Waals surface area contributed by atoms with Gasteiger partial charge < -0.3 is 23.7 Å². The molecule has 2 fully saturated rings. The number of rotatable bonds is 5. The Balaban J connectivity index is 1.79. The van der Waals surface area contributed by atoms with Gasteiger partial charge in [-0.1, -0.05) is 24.3 Å². The molecule has 7 nitrogen and oxygen atoms in total. The lowest BCUT2D eigenvalue weighted by Gasteiger charge is -2.32. The van der Waals surface area contributed by atoms with Crippen molar-refractivity contribution in [2.75, 3.05) is 13.1 Å². The second-order valence-electron chi connectivity index (χ2n) is 13.2. The van der Waals surface area contributed by atoms with E-state index in [2.05, 4.69) is 6.07 Å². The molecule has 0 bridgehead atoms. The molecule has 1 aromatic rings. The molecule has 0 spiro atoms. The van der Waals surface area contributed by atoms with Crippen LogP contribution < -0.4 is 5.46 Å². The highest BCUT2D eigenvalue weighted by Crippen LogP contribution is 2.37. The summed E-state index contributed by atoms with van der Waals surface area (Å²) in [7, 11) is -0.468. The topological polar surface area (TPSA) is 74.3 Å². The first-order chi connectivity index (χ1) is 16.4. The second kappa shape index (κ2) is 10.0. The number of nitrogens with zero attached hydrogens (tertiary/aromatic N) is 1. The van der Waals surface area contributed by atoms with Crippen molar-refractivity contribution in [2.24, 2.45) is 11.8 Å². The van der Waals surface area contributed by atoms with Gasteiger partial charge in [-0.2, -0.15) is 0 Å². The minimum Gasteiger partial charge on any atom is -0.460 e. The minimum atomic E-state index is -0.594. The summed E-state index contributed by atoms with van der Waals surface area (Å²) in [5.74, 6) is -0.641. The second-order valence-corrected chi connectivity index (χ2v) is 13.2. The van der Waals surface area contributed by atoms with E-state index in [9.17, 15) is 9.59 Å². The molecule has 0 N–H and O–H groups in total. The summed E-state index contributed by atoms with van der Waals surface area (Å²) < 4.78 is 23.8. The number of hydrogen-bond acceptors (Lipinski definition) is 6. The predicted octanol–water partition coefficient (Wildman–Crippen LogP) is 4.74. The molecule has 36 heavy (non-hydrogen) atoms. The summed E-state index contributed by atoms with van der Waals surface area (Å²) in [6.07, 6.45) is 0.894. The fourth-order valence-electron chi connectivity index (χ4n) is 4.53. The summed E-state index contributed by atoms with van der Waals surface area (Å²) in [6.45, 7) is 20.4. The van der Waals surface area contributed by atoms with Gasteiger partial charge in [0, 0.05) is 13.1 Å². The maximum Gasteiger partial charge on any atom is 0.494 e. The molecule has 0 radical (unpaired) electrons. The van der Waals surface area contributed by atoms with Gasteiger partial charge in [0.2, 0.25) is 0 Å². The highest BCUT2D eigenvalue weighted by Gasteiger charge is 2.51. The standard InChI is InChI=1S/C28H44BNO6/c1-25(2,3)33-23(31)22(20-14-15-30(18-20)24(32)34-26(4,5)6)17-19-12-11-13-21(16-19)29-35-27(7,8)28(9,10)36-29/h11-13,16,20,22H,14-15,17-18H2,1-10H3/t20-,22-/m1/s1. The lowest BCUT2D eigenvalue weighted by molar-refractivity contribution is -0.161. The number of esters is 1. The zero-order chi connectivity index (χ0) is 27.1. The van der Waals surface area contributed by atoms with Crippen molar-refractivity contribution < 1.29 is 28.4 Å². The van der Waals surface area contributed by atoms with Crippen molar-refractivity contribution in [3.63, 3.8) is 0 Å². The molecule has 0 aliphatic carbocycles. The summed E-state index contributed by atoms with van der Waals surface area (Å²) in [5, 5.41) is 0. The van der Waals surface area contributed by atoms with Crippen LogP contribution in [0, 0.1) is 11.8 Å². The van der Waals surface area contributed by atoms with Crippen LogP contribution in [0.5, 0.6) is 0 Å². The molecule has 0 aromatic heterocycles. The molecular formula is C28H44BNO6. The Kier molecular flexibility index (Phi) is 7.93. The van der Waals surface area contributed by atoms with E-state index in [0.29, 0.717) is 19.5 Å². The van der Waals surface area contributed by atoms with Crippen LogP contribution in [0.2, 0.25) is 0 Å². The first-order valence-corrected chi connectivity index (χ1v) is 13.0. The maximum atomic E-state index is 13.4. The van der Waals surface area contributed by atoms with Crippen molar-refractivity contribution in [1.29, 1.82) is 0 Å². The number of amides is 1. The molecule has 2 aliphatic rings. The summed E-state index contributed by atoms with van der Waals surface area (Å²) in [4.78, 5) is 27.7. The Hall–Kier alpha value is -2.06. The predicted molar refractivity (Wildman–Crippen MR) is 141 cm³/mol. The Morgan fingerprint density at radius 1 is 1.03 bits per heavy atom. The van der Waals surface area contributed by atoms with Crippen LogP contribution in [0.1, 0.15) is 81.2 Å². The average Bonchev–Trinajstić information content (AvgIpc) is 3.26. The number of ether oxygens (including phenoxy) is 2. The Bertz CT molecular complexity index is 946. The molecule has 0 saturated carbocycles. The fourth-order valence-corrected chi connectivity index (χ4v) is 4.53. The van der Waals surface area contributed by atoms with Crippen LogP contribution in [-0.4, -0.2) is 59.6 Å². The number of carbonyl (C=O) groups excluding carboxylic acids is 2. The van der Waals surface area contributed by atoms with Crippen LogP contribution in [0.15, 0.2) is 24.3 Å². The van der Waals surface area contributed by atoms with Crippen molar-refractivity contribution in [2.45, 2.75) is 104 Å². The largest absolute Gasteiger partial charge is 0.494 e. The van der Waals surface area contributed by atoms with E-state index in [1.54, 1.807) is 4.90 Å². The van der Waals surface area contributed by atoms with Gasteiger partial charge in [-0.25, -0.2) is 4.79 Å². The molecule has 0 unspecified atom stereocenters. The Morgan fingerprint density at radius 3 is 2.17 bits per heavy atom. The molecule has 1 amide bonds. The monoisotopic (exact) mass is 501 g/mol. The van der Waals surface area contributed by atoms with Crippen LogP contribution in [-0.2, 0) is 30.0 Å². The van der Waals surface area contributed by atoms with E-state index in [1.807, 2.05) is 87.4 Å².